The summed E-state index contributed by atoms with van der Waals surface area (Å²) in [4.78, 5) is 4.08. The predicted octanol–water partition coefficient (Wildman–Crippen LogP) is 0.138. The summed E-state index contributed by atoms with van der Waals surface area (Å²) < 4.78 is 25.8. The van der Waals surface area contributed by atoms with E-state index in [0.29, 0.717) is 19.5 Å². The molecule has 1 aromatic heterocycles. The SMILES string of the molecule is CC(CN)CNS(=O)(=O)CCc1ccccn1. The zero-order valence-electron chi connectivity index (χ0n) is 9.96. The first-order chi connectivity index (χ1) is 8.03. The molecule has 0 amide bonds. The molecule has 0 aliphatic carbocycles. The van der Waals surface area contributed by atoms with E-state index in [0.717, 1.165) is 5.69 Å². The fraction of sp³-hybridized carbons (Fsp3) is 0.545. The summed E-state index contributed by atoms with van der Waals surface area (Å²) in [7, 11) is -3.23. The topological polar surface area (TPSA) is 85.1 Å². The lowest BCUT2D eigenvalue weighted by Gasteiger charge is -2.10. The van der Waals surface area contributed by atoms with Crippen LogP contribution in [0.25, 0.3) is 0 Å². The Morgan fingerprint density at radius 2 is 2.24 bits per heavy atom. The molecule has 1 aromatic rings. The van der Waals surface area contributed by atoms with Gasteiger partial charge in [0.05, 0.1) is 5.75 Å². The number of aromatic nitrogens is 1. The van der Waals surface area contributed by atoms with Crippen molar-refractivity contribution in [1.82, 2.24) is 9.71 Å². The van der Waals surface area contributed by atoms with Crippen LogP contribution in [0.4, 0.5) is 0 Å². The number of rotatable bonds is 7. The highest BCUT2D eigenvalue weighted by molar-refractivity contribution is 7.89. The highest BCUT2D eigenvalue weighted by Crippen LogP contribution is 1.98. The van der Waals surface area contributed by atoms with Gasteiger partial charge in [0.15, 0.2) is 0 Å². The first-order valence-corrected chi connectivity index (χ1v) is 7.26. The Hall–Kier alpha value is -0.980. The van der Waals surface area contributed by atoms with Crippen LogP contribution in [0, 0.1) is 5.92 Å². The Morgan fingerprint density at radius 3 is 2.82 bits per heavy atom. The lowest BCUT2D eigenvalue weighted by atomic mass is 10.2. The van der Waals surface area contributed by atoms with Crippen molar-refractivity contribution < 1.29 is 8.42 Å². The molecule has 0 aromatic carbocycles. The molecule has 0 saturated heterocycles. The highest BCUT2D eigenvalue weighted by atomic mass is 32.2. The first-order valence-electron chi connectivity index (χ1n) is 5.61. The van der Waals surface area contributed by atoms with Crippen molar-refractivity contribution in [3.63, 3.8) is 0 Å². The molecule has 6 heteroatoms. The molecular formula is C11H19N3O2S. The third kappa shape index (κ3) is 5.76. The fourth-order valence-electron chi connectivity index (χ4n) is 1.21. The standard InChI is InChI=1S/C11H19N3O2S/c1-10(8-12)9-14-17(15,16)7-5-11-4-2-3-6-13-11/h2-4,6,10,14H,5,7-9,12H2,1H3. The summed E-state index contributed by atoms with van der Waals surface area (Å²) in [6.45, 7) is 2.77. The van der Waals surface area contributed by atoms with Gasteiger partial charge < -0.3 is 5.73 Å². The molecule has 17 heavy (non-hydrogen) atoms. The minimum atomic E-state index is -3.23. The van der Waals surface area contributed by atoms with Gasteiger partial charge >= 0.3 is 0 Å². The molecule has 0 saturated carbocycles. The number of nitrogens with zero attached hydrogens (tertiary/aromatic N) is 1. The van der Waals surface area contributed by atoms with Gasteiger partial charge in [0.1, 0.15) is 0 Å². The van der Waals surface area contributed by atoms with Crippen LogP contribution in [0.5, 0.6) is 0 Å². The Labute approximate surface area is 102 Å². The van der Waals surface area contributed by atoms with Gasteiger partial charge in [-0.2, -0.15) is 0 Å². The smallest absolute Gasteiger partial charge is 0.211 e. The third-order valence-electron chi connectivity index (χ3n) is 2.41. The maximum atomic E-state index is 11.6. The first kappa shape index (κ1) is 14.1. The predicted molar refractivity (Wildman–Crippen MR) is 67.9 cm³/mol. The number of pyridine rings is 1. The Kier molecular flexibility index (Phi) is 5.54. The second-order valence-corrected chi connectivity index (χ2v) is 6.01. The number of aryl methyl sites for hydroxylation is 1. The highest BCUT2D eigenvalue weighted by Gasteiger charge is 2.11. The van der Waals surface area contributed by atoms with Crippen molar-refractivity contribution in [2.24, 2.45) is 11.7 Å². The van der Waals surface area contributed by atoms with E-state index in [1.54, 1.807) is 12.3 Å². The fourth-order valence-corrected chi connectivity index (χ4v) is 2.37. The summed E-state index contributed by atoms with van der Waals surface area (Å²) in [5, 5.41) is 0. The molecular weight excluding hydrogens is 238 g/mol. The van der Waals surface area contributed by atoms with E-state index in [2.05, 4.69) is 9.71 Å². The lowest BCUT2D eigenvalue weighted by Crippen LogP contribution is -2.33. The zero-order chi connectivity index (χ0) is 12.7. The maximum Gasteiger partial charge on any atom is 0.211 e. The van der Waals surface area contributed by atoms with Crippen LogP contribution in [0.2, 0.25) is 0 Å². The van der Waals surface area contributed by atoms with Gasteiger partial charge in [-0.05, 0) is 24.6 Å². The van der Waals surface area contributed by atoms with Crippen LogP contribution >= 0.6 is 0 Å². The molecule has 0 fully saturated rings. The molecule has 1 unspecified atom stereocenters. The second kappa shape index (κ2) is 6.68. The van der Waals surface area contributed by atoms with Gasteiger partial charge in [-0.1, -0.05) is 13.0 Å². The Balaban J connectivity index is 2.40. The van der Waals surface area contributed by atoms with Crippen LogP contribution < -0.4 is 10.5 Å². The van der Waals surface area contributed by atoms with Crippen molar-refractivity contribution in [3.05, 3.63) is 30.1 Å². The molecule has 1 atom stereocenters. The van der Waals surface area contributed by atoms with Crippen molar-refractivity contribution in [1.29, 1.82) is 0 Å². The molecule has 0 spiro atoms. The van der Waals surface area contributed by atoms with E-state index in [4.69, 9.17) is 5.73 Å². The van der Waals surface area contributed by atoms with Gasteiger partial charge in [-0.3, -0.25) is 4.98 Å². The van der Waals surface area contributed by atoms with E-state index in [1.807, 2.05) is 19.1 Å². The van der Waals surface area contributed by atoms with E-state index in [-0.39, 0.29) is 11.7 Å². The van der Waals surface area contributed by atoms with Gasteiger partial charge in [-0.25, -0.2) is 13.1 Å². The van der Waals surface area contributed by atoms with Crippen molar-refractivity contribution in [2.75, 3.05) is 18.8 Å². The number of nitrogens with one attached hydrogen (secondary N) is 1. The second-order valence-electron chi connectivity index (χ2n) is 4.08. The quantitative estimate of drug-likeness (QED) is 0.727. The molecule has 1 heterocycles. The number of hydrogen-bond donors (Lipinski definition) is 2. The van der Waals surface area contributed by atoms with Crippen molar-refractivity contribution in [3.8, 4) is 0 Å². The summed E-state index contributed by atoms with van der Waals surface area (Å²) in [5.41, 5.74) is 6.20. The Morgan fingerprint density at radius 1 is 1.47 bits per heavy atom. The molecule has 0 bridgehead atoms. The van der Waals surface area contributed by atoms with E-state index in [1.165, 1.54) is 0 Å². The zero-order valence-corrected chi connectivity index (χ0v) is 10.8. The van der Waals surface area contributed by atoms with Gasteiger partial charge in [0.2, 0.25) is 10.0 Å². The summed E-state index contributed by atoms with van der Waals surface area (Å²) >= 11 is 0. The average molecular weight is 257 g/mol. The largest absolute Gasteiger partial charge is 0.330 e. The normalized spacial score (nSPS) is 13.5. The van der Waals surface area contributed by atoms with E-state index >= 15 is 0 Å². The van der Waals surface area contributed by atoms with Crippen molar-refractivity contribution in [2.45, 2.75) is 13.3 Å². The summed E-state index contributed by atoms with van der Waals surface area (Å²) in [6.07, 6.45) is 2.08. The van der Waals surface area contributed by atoms with Crippen LogP contribution in [0.1, 0.15) is 12.6 Å². The molecule has 1 rings (SSSR count). The summed E-state index contributed by atoms with van der Waals surface area (Å²) in [6, 6.07) is 5.47. The lowest BCUT2D eigenvalue weighted by molar-refractivity contribution is 0.544. The molecule has 0 radical (unpaired) electrons. The summed E-state index contributed by atoms with van der Waals surface area (Å²) in [5.74, 6) is 0.209. The average Bonchev–Trinajstić information content (AvgIpc) is 2.35. The molecule has 3 N–H and O–H groups in total. The van der Waals surface area contributed by atoms with Gasteiger partial charge in [0, 0.05) is 24.9 Å². The van der Waals surface area contributed by atoms with Crippen LogP contribution in [-0.2, 0) is 16.4 Å². The molecule has 0 aliphatic heterocycles. The maximum absolute atomic E-state index is 11.6. The van der Waals surface area contributed by atoms with Crippen LogP contribution in [-0.4, -0.2) is 32.2 Å². The van der Waals surface area contributed by atoms with E-state index < -0.39 is 10.0 Å². The molecule has 5 nitrogen and oxygen atoms in total. The van der Waals surface area contributed by atoms with Gasteiger partial charge in [-0.15, -0.1) is 0 Å². The Bertz CT molecular complexity index is 420. The number of nitrogens with two attached hydrogens (primary N) is 1. The van der Waals surface area contributed by atoms with Crippen LogP contribution in [0.3, 0.4) is 0 Å². The third-order valence-corrected chi connectivity index (χ3v) is 3.76. The minimum Gasteiger partial charge on any atom is -0.330 e. The number of hydrogen-bond acceptors (Lipinski definition) is 4. The molecule has 96 valence electrons. The molecule has 0 aliphatic rings. The van der Waals surface area contributed by atoms with Crippen molar-refractivity contribution >= 4 is 10.0 Å². The van der Waals surface area contributed by atoms with E-state index in [9.17, 15) is 8.42 Å². The number of sulfonamides is 1. The van der Waals surface area contributed by atoms with Gasteiger partial charge in [0.25, 0.3) is 0 Å². The minimum absolute atomic E-state index is 0.0568. The van der Waals surface area contributed by atoms with Crippen LogP contribution in [0.15, 0.2) is 24.4 Å². The monoisotopic (exact) mass is 257 g/mol.